The van der Waals surface area contributed by atoms with Crippen LogP contribution >= 0.6 is 0 Å². The normalized spacial score (nSPS) is 10.0. The molecule has 0 saturated heterocycles. The molecule has 0 amide bonds. The lowest BCUT2D eigenvalue weighted by atomic mass is 10.2. The highest BCUT2D eigenvalue weighted by molar-refractivity contribution is 5.91. The highest BCUT2D eigenvalue weighted by atomic mass is 16.5. The number of aromatic carboxylic acids is 1. The molecule has 70 valence electrons. The van der Waals surface area contributed by atoms with Gasteiger partial charge in [0.15, 0.2) is 5.82 Å². The van der Waals surface area contributed by atoms with E-state index in [1.807, 2.05) is 0 Å². The maximum atomic E-state index is 10.7. The van der Waals surface area contributed by atoms with Crippen LogP contribution in [0.3, 0.4) is 0 Å². The lowest BCUT2D eigenvalue weighted by Crippen LogP contribution is -1.97. The molecule has 2 aromatic heterocycles. The second-order valence-corrected chi connectivity index (χ2v) is 2.45. The molecule has 2 heterocycles. The fourth-order valence-corrected chi connectivity index (χ4v) is 0.991. The van der Waals surface area contributed by atoms with Crippen molar-refractivity contribution in [3.63, 3.8) is 0 Å². The van der Waals surface area contributed by atoms with Gasteiger partial charge in [-0.1, -0.05) is 5.16 Å². The summed E-state index contributed by atoms with van der Waals surface area (Å²) >= 11 is 0. The minimum absolute atomic E-state index is 0.254. The van der Waals surface area contributed by atoms with Gasteiger partial charge in [-0.15, -0.1) is 0 Å². The van der Waals surface area contributed by atoms with Crippen LogP contribution < -0.4 is 0 Å². The standard InChI is InChI=1S/C8H5N3O3/c12-8(13)6-5(4-11-14-6)7-9-2-1-3-10-7/h1-4H,(H,12,13). The molecular formula is C8H5N3O3. The van der Waals surface area contributed by atoms with Crippen LogP contribution in [0.25, 0.3) is 11.4 Å². The van der Waals surface area contributed by atoms with E-state index in [-0.39, 0.29) is 17.1 Å². The number of hydrogen-bond donors (Lipinski definition) is 1. The molecule has 0 unspecified atom stereocenters. The Kier molecular flexibility index (Phi) is 1.94. The topological polar surface area (TPSA) is 89.1 Å². The maximum absolute atomic E-state index is 10.7. The molecule has 6 heteroatoms. The number of carboxylic acid groups (broad SMARTS) is 1. The van der Waals surface area contributed by atoms with Crippen molar-refractivity contribution >= 4 is 5.97 Å². The van der Waals surface area contributed by atoms with Gasteiger partial charge < -0.3 is 9.63 Å². The van der Waals surface area contributed by atoms with E-state index in [4.69, 9.17) is 5.11 Å². The fourth-order valence-electron chi connectivity index (χ4n) is 0.991. The first-order valence-electron chi connectivity index (χ1n) is 3.74. The van der Waals surface area contributed by atoms with E-state index < -0.39 is 5.97 Å². The SMILES string of the molecule is O=C(O)c1oncc1-c1ncccn1. The third-order valence-electron chi connectivity index (χ3n) is 1.57. The summed E-state index contributed by atoms with van der Waals surface area (Å²) in [6.45, 7) is 0. The summed E-state index contributed by atoms with van der Waals surface area (Å²) in [4.78, 5) is 18.4. The maximum Gasteiger partial charge on any atom is 0.375 e. The van der Waals surface area contributed by atoms with E-state index in [9.17, 15) is 4.79 Å². The average Bonchev–Trinajstić information content (AvgIpc) is 2.67. The predicted molar refractivity (Wildman–Crippen MR) is 44.5 cm³/mol. The monoisotopic (exact) mass is 191 g/mol. The largest absolute Gasteiger partial charge is 0.475 e. The lowest BCUT2D eigenvalue weighted by Gasteiger charge is -1.93. The Balaban J connectivity index is 2.52. The second-order valence-electron chi connectivity index (χ2n) is 2.45. The molecule has 0 aliphatic carbocycles. The van der Waals surface area contributed by atoms with Crippen molar-refractivity contribution in [3.8, 4) is 11.4 Å². The number of aromatic nitrogens is 3. The van der Waals surface area contributed by atoms with Crippen LogP contribution in [0.4, 0.5) is 0 Å². The first kappa shape index (κ1) is 8.36. The van der Waals surface area contributed by atoms with Crippen molar-refractivity contribution in [1.82, 2.24) is 15.1 Å². The smallest absolute Gasteiger partial charge is 0.375 e. The van der Waals surface area contributed by atoms with Crippen LogP contribution in [-0.2, 0) is 0 Å². The van der Waals surface area contributed by atoms with Crippen molar-refractivity contribution in [2.75, 3.05) is 0 Å². The molecule has 2 aromatic rings. The Labute approximate surface area is 78.2 Å². The van der Waals surface area contributed by atoms with Crippen molar-refractivity contribution in [2.45, 2.75) is 0 Å². The third kappa shape index (κ3) is 1.33. The molecule has 0 aliphatic rings. The Bertz CT molecular complexity index is 452. The zero-order valence-electron chi connectivity index (χ0n) is 6.91. The summed E-state index contributed by atoms with van der Waals surface area (Å²) in [5.41, 5.74) is 0.276. The van der Waals surface area contributed by atoms with E-state index in [2.05, 4.69) is 19.6 Å². The quantitative estimate of drug-likeness (QED) is 0.756. The summed E-state index contributed by atoms with van der Waals surface area (Å²) < 4.78 is 4.55. The second kappa shape index (κ2) is 3.25. The van der Waals surface area contributed by atoms with Gasteiger partial charge in [0.1, 0.15) is 0 Å². The van der Waals surface area contributed by atoms with E-state index in [1.54, 1.807) is 6.07 Å². The molecule has 0 aliphatic heterocycles. The van der Waals surface area contributed by atoms with Crippen molar-refractivity contribution in [1.29, 1.82) is 0 Å². The molecule has 14 heavy (non-hydrogen) atoms. The fraction of sp³-hybridized carbons (Fsp3) is 0. The van der Waals surface area contributed by atoms with Gasteiger partial charge in [-0.05, 0) is 6.07 Å². The van der Waals surface area contributed by atoms with Crippen LogP contribution in [0, 0.1) is 0 Å². The minimum Gasteiger partial charge on any atom is -0.475 e. The molecular weight excluding hydrogens is 186 g/mol. The summed E-state index contributed by atoms with van der Waals surface area (Å²) in [5.74, 6) is -1.16. The lowest BCUT2D eigenvalue weighted by molar-refractivity contribution is 0.0653. The van der Waals surface area contributed by atoms with Crippen LogP contribution in [0.2, 0.25) is 0 Å². The van der Waals surface area contributed by atoms with E-state index >= 15 is 0 Å². The zero-order valence-corrected chi connectivity index (χ0v) is 6.91. The van der Waals surface area contributed by atoms with Gasteiger partial charge in [-0.25, -0.2) is 14.8 Å². The number of rotatable bonds is 2. The number of carboxylic acids is 1. The van der Waals surface area contributed by atoms with Crippen LogP contribution in [0.15, 0.2) is 29.2 Å². The summed E-state index contributed by atoms with van der Waals surface area (Å²) in [5, 5.41) is 12.1. The molecule has 0 aromatic carbocycles. The van der Waals surface area contributed by atoms with Crippen molar-refractivity contribution < 1.29 is 14.4 Å². The molecule has 0 spiro atoms. The Morgan fingerprint density at radius 2 is 2.07 bits per heavy atom. The van der Waals surface area contributed by atoms with Crippen LogP contribution in [0.1, 0.15) is 10.6 Å². The van der Waals surface area contributed by atoms with E-state index in [0.29, 0.717) is 0 Å². The Morgan fingerprint density at radius 1 is 1.36 bits per heavy atom. The molecule has 0 radical (unpaired) electrons. The van der Waals surface area contributed by atoms with Crippen molar-refractivity contribution in [3.05, 3.63) is 30.4 Å². The Hall–Kier alpha value is -2.24. The summed E-state index contributed by atoms with van der Waals surface area (Å²) in [7, 11) is 0. The van der Waals surface area contributed by atoms with Gasteiger partial charge in [0.2, 0.25) is 0 Å². The third-order valence-corrected chi connectivity index (χ3v) is 1.57. The van der Waals surface area contributed by atoms with Gasteiger partial charge in [0, 0.05) is 12.4 Å². The molecule has 6 nitrogen and oxygen atoms in total. The number of carbonyl (C=O) groups is 1. The first-order chi connectivity index (χ1) is 6.79. The van der Waals surface area contributed by atoms with Crippen LogP contribution in [0.5, 0.6) is 0 Å². The zero-order chi connectivity index (χ0) is 9.97. The minimum atomic E-state index is -1.19. The van der Waals surface area contributed by atoms with Gasteiger partial charge in [0.25, 0.3) is 5.76 Å². The van der Waals surface area contributed by atoms with Crippen molar-refractivity contribution in [2.24, 2.45) is 0 Å². The van der Waals surface area contributed by atoms with Gasteiger partial charge >= 0.3 is 5.97 Å². The Morgan fingerprint density at radius 3 is 2.71 bits per heavy atom. The van der Waals surface area contributed by atoms with Gasteiger partial charge in [0.05, 0.1) is 11.8 Å². The average molecular weight is 191 g/mol. The molecule has 0 fully saturated rings. The number of hydrogen-bond acceptors (Lipinski definition) is 5. The summed E-state index contributed by atoms with van der Waals surface area (Å²) in [6, 6.07) is 1.64. The molecule has 0 bridgehead atoms. The highest BCUT2D eigenvalue weighted by Crippen LogP contribution is 2.18. The van der Waals surface area contributed by atoms with Crippen LogP contribution in [-0.4, -0.2) is 26.2 Å². The van der Waals surface area contributed by atoms with Gasteiger partial charge in [-0.2, -0.15) is 0 Å². The van der Waals surface area contributed by atoms with Gasteiger partial charge in [-0.3, -0.25) is 0 Å². The number of nitrogens with zero attached hydrogens (tertiary/aromatic N) is 3. The predicted octanol–water partition coefficient (Wildman–Crippen LogP) is 0.830. The summed E-state index contributed by atoms with van der Waals surface area (Å²) in [6.07, 6.45) is 4.31. The molecule has 2 rings (SSSR count). The van der Waals surface area contributed by atoms with E-state index in [1.165, 1.54) is 18.6 Å². The molecule has 0 saturated carbocycles. The van der Waals surface area contributed by atoms with E-state index in [0.717, 1.165) is 0 Å². The molecule has 1 N–H and O–H groups in total. The highest BCUT2D eigenvalue weighted by Gasteiger charge is 2.18. The first-order valence-corrected chi connectivity index (χ1v) is 3.74. The molecule has 0 atom stereocenters.